The summed E-state index contributed by atoms with van der Waals surface area (Å²) in [7, 11) is 0. The molecule has 1 atom stereocenters. The molecule has 0 aliphatic rings. The molecule has 1 heterocycles. The number of nitrogen functional groups attached to an aromatic ring is 1. The molecule has 5 N–H and O–H groups in total. The molecule has 2 aromatic rings. The first-order valence-corrected chi connectivity index (χ1v) is 7.16. The summed E-state index contributed by atoms with van der Waals surface area (Å²) >= 11 is 1.13. The highest BCUT2D eigenvalue weighted by Gasteiger charge is 2.18. The van der Waals surface area contributed by atoms with E-state index >= 15 is 0 Å². The fourth-order valence-corrected chi connectivity index (χ4v) is 2.34. The van der Waals surface area contributed by atoms with E-state index in [1.54, 1.807) is 31.2 Å². The lowest BCUT2D eigenvalue weighted by molar-refractivity contribution is -0.115. The number of nitrogens with one attached hydrogen (secondary N) is 1. The highest BCUT2D eigenvalue weighted by atomic mass is 32.2. The molecule has 1 unspecified atom stereocenters. The van der Waals surface area contributed by atoms with Crippen molar-refractivity contribution in [3.05, 3.63) is 36.2 Å². The lowest BCUT2D eigenvalue weighted by Gasteiger charge is -2.12. The van der Waals surface area contributed by atoms with Gasteiger partial charge in [-0.25, -0.2) is 9.97 Å². The fraction of sp³-hybridized carbons (Fsp3) is 0.154. The molecule has 9 heteroatoms. The zero-order valence-electron chi connectivity index (χ0n) is 11.7. The summed E-state index contributed by atoms with van der Waals surface area (Å²) in [6.45, 7) is 1.69. The Morgan fingerprint density at radius 2 is 2.00 bits per heavy atom. The summed E-state index contributed by atoms with van der Waals surface area (Å²) < 4.78 is 0. The molecule has 2 amide bonds. The molecule has 1 aromatic heterocycles. The van der Waals surface area contributed by atoms with Gasteiger partial charge in [-0.05, 0) is 19.1 Å². The van der Waals surface area contributed by atoms with E-state index in [-0.39, 0.29) is 17.4 Å². The zero-order chi connectivity index (χ0) is 16.1. The number of amides is 2. The van der Waals surface area contributed by atoms with Crippen molar-refractivity contribution in [1.82, 2.24) is 15.0 Å². The van der Waals surface area contributed by atoms with E-state index in [4.69, 9.17) is 11.5 Å². The number of carbonyl (C=O) groups is 2. The molecular weight excluding hydrogens is 304 g/mol. The molecule has 22 heavy (non-hydrogen) atoms. The van der Waals surface area contributed by atoms with Crippen molar-refractivity contribution in [1.29, 1.82) is 0 Å². The number of aromatic nitrogens is 3. The smallest absolute Gasteiger partial charge is 0.250 e. The van der Waals surface area contributed by atoms with Gasteiger partial charge in [-0.15, -0.1) is 0 Å². The van der Waals surface area contributed by atoms with Gasteiger partial charge in [0.1, 0.15) is 6.33 Å². The number of para-hydroxylation sites is 1. The average molecular weight is 318 g/mol. The molecule has 0 aliphatic heterocycles. The maximum absolute atomic E-state index is 12.2. The Morgan fingerprint density at radius 3 is 2.68 bits per heavy atom. The van der Waals surface area contributed by atoms with Crippen LogP contribution >= 0.6 is 11.8 Å². The predicted octanol–water partition coefficient (Wildman–Crippen LogP) is 0.672. The van der Waals surface area contributed by atoms with E-state index < -0.39 is 11.2 Å². The van der Waals surface area contributed by atoms with Gasteiger partial charge in [0.25, 0.3) is 5.91 Å². The van der Waals surface area contributed by atoms with Gasteiger partial charge in [0.15, 0.2) is 5.16 Å². The third kappa shape index (κ3) is 3.92. The Hall–Kier alpha value is -2.68. The van der Waals surface area contributed by atoms with Crippen molar-refractivity contribution in [2.75, 3.05) is 11.1 Å². The van der Waals surface area contributed by atoms with E-state index in [1.807, 2.05) is 0 Å². The van der Waals surface area contributed by atoms with Gasteiger partial charge in [-0.1, -0.05) is 23.9 Å². The number of anilines is 2. The Morgan fingerprint density at radius 1 is 1.27 bits per heavy atom. The lowest BCUT2D eigenvalue weighted by Crippen LogP contribution is -2.25. The molecular formula is C13H14N6O2S. The number of hydrogen-bond donors (Lipinski definition) is 3. The van der Waals surface area contributed by atoms with Gasteiger partial charge in [-0.2, -0.15) is 4.98 Å². The first kappa shape index (κ1) is 15.7. The van der Waals surface area contributed by atoms with Crippen molar-refractivity contribution in [2.45, 2.75) is 17.3 Å². The van der Waals surface area contributed by atoms with Crippen LogP contribution in [0.25, 0.3) is 0 Å². The largest absolute Gasteiger partial charge is 0.368 e. The maximum atomic E-state index is 12.2. The molecule has 0 aliphatic carbocycles. The molecule has 0 radical (unpaired) electrons. The van der Waals surface area contributed by atoms with Crippen LogP contribution in [0.4, 0.5) is 11.6 Å². The van der Waals surface area contributed by atoms with Gasteiger partial charge >= 0.3 is 0 Å². The van der Waals surface area contributed by atoms with Crippen LogP contribution in [0.2, 0.25) is 0 Å². The molecule has 2 rings (SSSR count). The number of nitrogens with two attached hydrogens (primary N) is 2. The van der Waals surface area contributed by atoms with Crippen LogP contribution in [0.5, 0.6) is 0 Å². The molecule has 0 spiro atoms. The van der Waals surface area contributed by atoms with Gasteiger partial charge < -0.3 is 16.8 Å². The van der Waals surface area contributed by atoms with Gasteiger partial charge in [0.2, 0.25) is 11.9 Å². The van der Waals surface area contributed by atoms with Crippen LogP contribution in [0.3, 0.4) is 0 Å². The third-order valence-corrected chi connectivity index (χ3v) is 3.65. The van der Waals surface area contributed by atoms with Gasteiger partial charge in [-0.3, -0.25) is 9.59 Å². The van der Waals surface area contributed by atoms with E-state index in [2.05, 4.69) is 20.3 Å². The van der Waals surface area contributed by atoms with Crippen LogP contribution in [0, 0.1) is 0 Å². The highest BCUT2D eigenvalue weighted by Crippen LogP contribution is 2.21. The highest BCUT2D eigenvalue weighted by molar-refractivity contribution is 8.00. The Bertz CT molecular complexity index is 708. The molecule has 8 nitrogen and oxygen atoms in total. The SMILES string of the molecule is CC(Sc1ncnc(N)n1)C(=O)Nc1ccccc1C(N)=O. The third-order valence-electron chi connectivity index (χ3n) is 2.67. The number of benzene rings is 1. The van der Waals surface area contributed by atoms with E-state index in [1.165, 1.54) is 6.33 Å². The fourth-order valence-electron chi connectivity index (χ4n) is 1.60. The van der Waals surface area contributed by atoms with Crippen molar-refractivity contribution >= 4 is 35.2 Å². The normalized spacial score (nSPS) is 11.7. The van der Waals surface area contributed by atoms with Crippen LogP contribution in [0.15, 0.2) is 35.7 Å². The molecule has 0 saturated heterocycles. The van der Waals surface area contributed by atoms with Crippen LogP contribution in [-0.2, 0) is 4.79 Å². The lowest BCUT2D eigenvalue weighted by atomic mass is 10.1. The molecule has 114 valence electrons. The van der Waals surface area contributed by atoms with Crippen molar-refractivity contribution in [3.63, 3.8) is 0 Å². The van der Waals surface area contributed by atoms with Crippen LogP contribution < -0.4 is 16.8 Å². The standard InChI is InChI=1S/C13H14N6O2S/c1-7(22-13-17-6-16-12(15)19-13)11(21)18-9-5-3-2-4-8(9)10(14)20/h2-7H,1H3,(H2,14,20)(H,18,21)(H2,15,16,17,19). The maximum Gasteiger partial charge on any atom is 0.250 e. The minimum absolute atomic E-state index is 0.0872. The summed E-state index contributed by atoms with van der Waals surface area (Å²) in [6, 6.07) is 6.52. The number of rotatable bonds is 5. The monoisotopic (exact) mass is 318 g/mol. The number of primary amides is 1. The quantitative estimate of drug-likeness (QED) is 0.689. The summed E-state index contributed by atoms with van der Waals surface area (Å²) in [5.74, 6) is -0.830. The second-order valence-electron chi connectivity index (χ2n) is 4.29. The number of thioether (sulfide) groups is 1. The molecule has 1 aromatic carbocycles. The molecule has 0 fully saturated rings. The predicted molar refractivity (Wildman–Crippen MR) is 83.1 cm³/mol. The van der Waals surface area contributed by atoms with Gasteiger partial charge in [0.05, 0.1) is 16.5 Å². The number of nitrogens with zero attached hydrogens (tertiary/aromatic N) is 3. The summed E-state index contributed by atoms with van der Waals surface area (Å²) in [5, 5.41) is 2.51. The summed E-state index contributed by atoms with van der Waals surface area (Å²) in [4.78, 5) is 35.0. The first-order chi connectivity index (χ1) is 10.5. The topological polar surface area (TPSA) is 137 Å². The summed E-state index contributed by atoms with van der Waals surface area (Å²) in [5.41, 5.74) is 11.3. The number of hydrogen-bond acceptors (Lipinski definition) is 7. The first-order valence-electron chi connectivity index (χ1n) is 6.28. The minimum Gasteiger partial charge on any atom is -0.368 e. The average Bonchev–Trinajstić information content (AvgIpc) is 2.47. The Labute approximate surface area is 130 Å². The summed E-state index contributed by atoms with van der Waals surface area (Å²) in [6.07, 6.45) is 1.28. The van der Waals surface area contributed by atoms with E-state index in [0.717, 1.165) is 11.8 Å². The number of carbonyl (C=O) groups excluding carboxylic acids is 2. The van der Waals surface area contributed by atoms with Gasteiger partial charge in [0, 0.05) is 0 Å². The van der Waals surface area contributed by atoms with E-state index in [9.17, 15) is 9.59 Å². The molecule has 0 saturated carbocycles. The van der Waals surface area contributed by atoms with E-state index in [0.29, 0.717) is 10.8 Å². The van der Waals surface area contributed by atoms with Crippen molar-refractivity contribution in [3.8, 4) is 0 Å². The van der Waals surface area contributed by atoms with Crippen molar-refractivity contribution < 1.29 is 9.59 Å². The second-order valence-corrected chi connectivity index (χ2v) is 5.59. The van der Waals surface area contributed by atoms with Crippen molar-refractivity contribution in [2.24, 2.45) is 5.73 Å². The molecule has 0 bridgehead atoms. The Kier molecular flexibility index (Phi) is 4.89. The Balaban J connectivity index is 2.07. The van der Waals surface area contributed by atoms with Crippen LogP contribution in [0.1, 0.15) is 17.3 Å². The zero-order valence-corrected chi connectivity index (χ0v) is 12.5. The van der Waals surface area contributed by atoms with Crippen LogP contribution in [-0.4, -0.2) is 32.0 Å². The minimum atomic E-state index is -0.610. The second kappa shape index (κ2) is 6.85.